The van der Waals surface area contributed by atoms with Gasteiger partial charge in [0.1, 0.15) is 12.1 Å². The molecule has 1 rings (SSSR count). The summed E-state index contributed by atoms with van der Waals surface area (Å²) in [5.74, 6) is -0.478. The van der Waals surface area contributed by atoms with Crippen LogP contribution in [0.3, 0.4) is 0 Å². The molecule has 0 fully saturated rings. The van der Waals surface area contributed by atoms with Crippen molar-refractivity contribution in [1.29, 1.82) is 0 Å². The molecule has 3 heteroatoms. The monoisotopic (exact) mass is 200 g/mol. The molecule has 0 spiro atoms. The van der Waals surface area contributed by atoms with Crippen molar-refractivity contribution in [3.8, 4) is 0 Å². The van der Waals surface area contributed by atoms with E-state index in [2.05, 4.69) is 0 Å². The fraction of sp³-hybridized carbons (Fsp3) is 0.300. The lowest BCUT2D eigenvalue weighted by Gasteiger charge is -2.06. The fourth-order valence-electron chi connectivity index (χ4n) is 1.10. The summed E-state index contributed by atoms with van der Waals surface area (Å²) in [5.41, 5.74) is 1.14. The van der Waals surface area contributed by atoms with E-state index in [1.807, 2.05) is 0 Å². The predicted octanol–water partition coefficient (Wildman–Crippen LogP) is 2.87. The number of rotatable bonds is 3. The highest BCUT2D eigenvalue weighted by atomic mass is 35.5. The van der Waals surface area contributed by atoms with Gasteiger partial charge in [-0.15, -0.1) is 11.6 Å². The zero-order valence-electron chi connectivity index (χ0n) is 7.26. The molecule has 0 bridgehead atoms. The van der Waals surface area contributed by atoms with Gasteiger partial charge in [-0.25, -0.2) is 4.39 Å². The Bertz CT molecular complexity index is 312. The van der Waals surface area contributed by atoms with E-state index in [1.54, 1.807) is 19.1 Å². The third-order valence-electron chi connectivity index (χ3n) is 1.91. The van der Waals surface area contributed by atoms with Crippen molar-refractivity contribution in [2.45, 2.75) is 18.7 Å². The van der Waals surface area contributed by atoms with Crippen molar-refractivity contribution in [2.24, 2.45) is 0 Å². The van der Waals surface area contributed by atoms with Crippen LogP contribution in [0.25, 0.3) is 0 Å². The average molecular weight is 201 g/mol. The van der Waals surface area contributed by atoms with Crippen molar-refractivity contribution < 1.29 is 9.18 Å². The highest BCUT2D eigenvalue weighted by Gasteiger charge is 2.09. The summed E-state index contributed by atoms with van der Waals surface area (Å²) in [4.78, 5) is 10.4. The van der Waals surface area contributed by atoms with Crippen LogP contribution in [0, 0.1) is 5.82 Å². The summed E-state index contributed by atoms with van der Waals surface area (Å²) in [6.45, 7) is 1.66. The van der Waals surface area contributed by atoms with Crippen LogP contribution in [-0.4, -0.2) is 6.29 Å². The molecule has 1 aromatic rings. The van der Waals surface area contributed by atoms with E-state index in [0.29, 0.717) is 5.56 Å². The van der Waals surface area contributed by atoms with Gasteiger partial charge < -0.3 is 4.79 Å². The fourth-order valence-corrected chi connectivity index (χ4v) is 1.26. The standard InChI is InChI=1S/C10H10ClFO/c1-7(6-13)9-3-2-8(5-11)4-10(9)12/h2-4,6-7H,5H2,1H3. The van der Waals surface area contributed by atoms with Crippen molar-refractivity contribution in [3.63, 3.8) is 0 Å². The Morgan fingerprint density at radius 3 is 2.77 bits per heavy atom. The molecule has 0 N–H and O–H groups in total. The third-order valence-corrected chi connectivity index (χ3v) is 2.22. The second-order valence-corrected chi connectivity index (χ2v) is 3.18. The van der Waals surface area contributed by atoms with Gasteiger partial charge in [-0.3, -0.25) is 0 Å². The van der Waals surface area contributed by atoms with Gasteiger partial charge >= 0.3 is 0 Å². The molecule has 70 valence electrons. The van der Waals surface area contributed by atoms with E-state index in [-0.39, 0.29) is 11.7 Å². The second kappa shape index (κ2) is 4.38. The minimum absolute atomic E-state index is 0.284. The number of alkyl halides is 1. The van der Waals surface area contributed by atoms with E-state index in [4.69, 9.17) is 11.6 Å². The maximum atomic E-state index is 13.3. The van der Waals surface area contributed by atoms with Crippen LogP contribution < -0.4 is 0 Å². The van der Waals surface area contributed by atoms with Crippen LogP contribution in [0.5, 0.6) is 0 Å². The molecule has 1 nitrogen and oxygen atoms in total. The molecule has 1 aromatic carbocycles. The summed E-state index contributed by atoms with van der Waals surface area (Å²) in [7, 11) is 0. The van der Waals surface area contributed by atoms with Gasteiger partial charge in [0.25, 0.3) is 0 Å². The Balaban J connectivity index is 3.04. The molecule has 0 aliphatic rings. The van der Waals surface area contributed by atoms with E-state index in [0.717, 1.165) is 11.8 Å². The summed E-state index contributed by atoms with van der Waals surface area (Å²) in [6.07, 6.45) is 0.721. The van der Waals surface area contributed by atoms with Crippen molar-refractivity contribution >= 4 is 17.9 Å². The van der Waals surface area contributed by atoms with Crippen molar-refractivity contribution in [1.82, 2.24) is 0 Å². The second-order valence-electron chi connectivity index (χ2n) is 2.91. The van der Waals surface area contributed by atoms with Gasteiger partial charge in [-0.2, -0.15) is 0 Å². The number of halogens is 2. The SMILES string of the molecule is CC(C=O)c1ccc(CCl)cc1F. The number of benzene rings is 1. The highest BCUT2D eigenvalue weighted by Crippen LogP contribution is 2.19. The molecule has 0 saturated carbocycles. The molecule has 0 saturated heterocycles. The molecule has 0 radical (unpaired) electrons. The van der Waals surface area contributed by atoms with E-state index in [1.165, 1.54) is 6.07 Å². The van der Waals surface area contributed by atoms with Gasteiger partial charge in [0.2, 0.25) is 0 Å². The van der Waals surface area contributed by atoms with Crippen LogP contribution in [0.1, 0.15) is 24.0 Å². The Labute approximate surface area is 81.5 Å². The maximum absolute atomic E-state index is 13.3. The first kappa shape index (κ1) is 10.2. The predicted molar refractivity (Wildman–Crippen MR) is 50.4 cm³/mol. The molecule has 1 unspecified atom stereocenters. The first-order valence-electron chi connectivity index (χ1n) is 3.98. The minimum Gasteiger partial charge on any atom is -0.303 e. The van der Waals surface area contributed by atoms with Crippen LogP contribution in [0.15, 0.2) is 18.2 Å². The first-order valence-corrected chi connectivity index (χ1v) is 4.52. The molecule has 13 heavy (non-hydrogen) atoms. The van der Waals surface area contributed by atoms with Crippen LogP contribution in [0.4, 0.5) is 4.39 Å². The lowest BCUT2D eigenvalue weighted by atomic mass is 10.0. The van der Waals surface area contributed by atoms with Gasteiger partial charge in [-0.1, -0.05) is 19.1 Å². The summed E-state index contributed by atoms with van der Waals surface area (Å²) in [6, 6.07) is 4.69. The summed E-state index contributed by atoms with van der Waals surface area (Å²) >= 11 is 5.53. The molecule has 0 aromatic heterocycles. The topological polar surface area (TPSA) is 17.1 Å². The molecule has 0 heterocycles. The Kier molecular flexibility index (Phi) is 3.43. The van der Waals surface area contributed by atoms with Crippen molar-refractivity contribution in [3.05, 3.63) is 35.1 Å². The molecule has 0 amide bonds. The average Bonchev–Trinajstić information content (AvgIpc) is 2.16. The van der Waals surface area contributed by atoms with Crippen LogP contribution in [0.2, 0.25) is 0 Å². The van der Waals surface area contributed by atoms with E-state index >= 15 is 0 Å². The molecule has 1 atom stereocenters. The smallest absolute Gasteiger partial charge is 0.127 e. The first-order chi connectivity index (χ1) is 6.19. The minimum atomic E-state index is -0.399. The number of aldehydes is 1. The number of carbonyl (C=O) groups is 1. The van der Waals surface area contributed by atoms with Crippen molar-refractivity contribution in [2.75, 3.05) is 0 Å². The lowest BCUT2D eigenvalue weighted by molar-refractivity contribution is -0.108. The number of hydrogen-bond donors (Lipinski definition) is 0. The molecule has 0 aliphatic heterocycles. The van der Waals surface area contributed by atoms with Gasteiger partial charge in [0.15, 0.2) is 0 Å². The quantitative estimate of drug-likeness (QED) is 0.542. The Morgan fingerprint density at radius 1 is 1.62 bits per heavy atom. The van der Waals surface area contributed by atoms with E-state index in [9.17, 15) is 9.18 Å². The normalized spacial score (nSPS) is 12.5. The zero-order chi connectivity index (χ0) is 9.84. The van der Waals surface area contributed by atoms with Crippen LogP contribution in [-0.2, 0) is 10.7 Å². The molecule has 0 aliphatic carbocycles. The number of hydrogen-bond acceptors (Lipinski definition) is 1. The molecular formula is C10H10ClFO. The van der Waals surface area contributed by atoms with Gasteiger partial charge in [0.05, 0.1) is 0 Å². The lowest BCUT2D eigenvalue weighted by Crippen LogP contribution is -1.98. The summed E-state index contributed by atoms with van der Waals surface area (Å²) in [5, 5.41) is 0. The van der Waals surface area contributed by atoms with Gasteiger partial charge in [0, 0.05) is 11.8 Å². The largest absolute Gasteiger partial charge is 0.303 e. The Morgan fingerprint density at radius 2 is 2.31 bits per heavy atom. The van der Waals surface area contributed by atoms with Crippen LogP contribution >= 0.6 is 11.6 Å². The Hall–Kier alpha value is -0.890. The zero-order valence-corrected chi connectivity index (χ0v) is 8.01. The highest BCUT2D eigenvalue weighted by molar-refractivity contribution is 6.17. The van der Waals surface area contributed by atoms with Gasteiger partial charge in [-0.05, 0) is 17.2 Å². The molecular weight excluding hydrogens is 191 g/mol. The maximum Gasteiger partial charge on any atom is 0.127 e. The van der Waals surface area contributed by atoms with E-state index < -0.39 is 5.92 Å². The number of carbonyl (C=O) groups excluding carboxylic acids is 1. The third kappa shape index (κ3) is 2.28. The summed E-state index contributed by atoms with van der Waals surface area (Å²) < 4.78 is 13.3.